The molecule has 0 radical (unpaired) electrons. The first-order valence-electron chi connectivity index (χ1n) is 9.84. The van der Waals surface area contributed by atoms with Gasteiger partial charge in [0.2, 0.25) is 0 Å². The number of hydrogen-bond acceptors (Lipinski definition) is 4. The third kappa shape index (κ3) is 2.57. The summed E-state index contributed by atoms with van der Waals surface area (Å²) in [6, 6.07) is 8.17. The highest BCUT2D eigenvalue weighted by Gasteiger charge is 2.45. The smallest absolute Gasteiger partial charge is 0.179 e. The molecular formula is C22H24N2O2. The minimum atomic E-state index is -0.430. The fourth-order valence-electron chi connectivity index (χ4n) is 4.69. The first kappa shape index (κ1) is 16.1. The summed E-state index contributed by atoms with van der Waals surface area (Å²) in [5, 5.41) is 20.2. The summed E-state index contributed by atoms with van der Waals surface area (Å²) in [7, 11) is 0. The number of aliphatic hydroxyl groups is 1. The average molecular weight is 348 g/mol. The van der Waals surface area contributed by atoms with Crippen LogP contribution < -0.4 is 0 Å². The molecule has 0 bridgehead atoms. The van der Waals surface area contributed by atoms with E-state index in [0.717, 1.165) is 61.2 Å². The number of Topliss-reactive ketones (excluding diaryl/α,β-unsaturated/α-hetero) is 1. The molecule has 1 saturated heterocycles. The van der Waals surface area contributed by atoms with Gasteiger partial charge in [-0.05, 0) is 67.1 Å². The first-order valence-corrected chi connectivity index (χ1v) is 9.84. The molecule has 4 heteroatoms. The van der Waals surface area contributed by atoms with Crippen molar-refractivity contribution >= 4 is 11.5 Å². The van der Waals surface area contributed by atoms with E-state index >= 15 is 0 Å². The molecule has 1 aromatic carbocycles. The van der Waals surface area contributed by atoms with Crippen molar-refractivity contribution in [3.63, 3.8) is 0 Å². The number of piperidine rings is 1. The summed E-state index contributed by atoms with van der Waals surface area (Å²) in [6.07, 6.45) is 7.00. The Morgan fingerprint density at radius 2 is 1.92 bits per heavy atom. The highest BCUT2D eigenvalue weighted by molar-refractivity contribution is 6.09. The maximum atomic E-state index is 12.6. The minimum Gasteiger partial charge on any atom is -0.388 e. The van der Waals surface area contributed by atoms with Crippen LogP contribution in [0.3, 0.4) is 0 Å². The summed E-state index contributed by atoms with van der Waals surface area (Å²) in [4.78, 5) is 14.8. The Bertz CT molecular complexity index is 845. The monoisotopic (exact) mass is 348 g/mol. The Morgan fingerprint density at radius 1 is 1.19 bits per heavy atom. The lowest BCUT2D eigenvalue weighted by Gasteiger charge is -2.37. The second-order valence-electron chi connectivity index (χ2n) is 8.62. The number of nitriles is 1. The number of carbonyl (C=O) groups excluding carboxylic acids is 1. The Kier molecular flexibility index (Phi) is 3.52. The fraction of sp³-hybridized carbons (Fsp3) is 0.545. The topological polar surface area (TPSA) is 64.3 Å². The Hall–Kier alpha value is -2.12. The zero-order valence-corrected chi connectivity index (χ0v) is 15.0. The second kappa shape index (κ2) is 5.69. The number of carbonyl (C=O) groups is 1. The Balaban J connectivity index is 1.55. The molecule has 3 fully saturated rings. The largest absolute Gasteiger partial charge is 0.388 e. The van der Waals surface area contributed by atoms with Crippen molar-refractivity contribution in [2.75, 3.05) is 13.1 Å². The molecule has 1 spiro atoms. The van der Waals surface area contributed by atoms with Crippen molar-refractivity contribution in [1.29, 1.82) is 5.26 Å². The van der Waals surface area contributed by atoms with Gasteiger partial charge in [-0.2, -0.15) is 5.26 Å². The zero-order chi connectivity index (χ0) is 17.9. The van der Waals surface area contributed by atoms with Crippen LogP contribution >= 0.6 is 0 Å². The standard InChI is InChI=1S/C22H24N2O2/c23-13-18-19(25)12-15-3-4-16(21(26)14-1-2-14)11-17(15)20(18)24-9-7-22(5-6-22)8-10-24/h3-4,11,14,21,26H,1-2,5-10,12H2/t21-/m0/s1. The lowest BCUT2D eigenvalue weighted by atomic mass is 9.84. The van der Waals surface area contributed by atoms with Crippen molar-refractivity contribution in [3.05, 3.63) is 40.5 Å². The van der Waals surface area contributed by atoms with E-state index < -0.39 is 6.10 Å². The van der Waals surface area contributed by atoms with E-state index in [9.17, 15) is 15.2 Å². The van der Waals surface area contributed by atoms with Gasteiger partial charge in [-0.15, -0.1) is 0 Å². The highest BCUT2D eigenvalue weighted by atomic mass is 16.3. The maximum absolute atomic E-state index is 12.6. The molecule has 5 rings (SSSR count). The number of likely N-dealkylation sites (tertiary alicyclic amines) is 1. The maximum Gasteiger partial charge on any atom is 0.179 e. The van der Waals surface area contributed by atoms with Crippen LogP contribution in [0.25, 0.3) is 5.70 Å². The summed E-state index contributed by atoms with van der Waals surface area (Å²) < 4.78 is 0. The van der Waals surface area contributed by atoms with Crippen molar-refractivity contribution in [2.45, 2.75) is 51.0 Å². The van der Waals surface area contributed by atoms with E-state index in [1.54, 1.807) is 0 Å². The fourth-order valence-corrected chi connectivity index (χ4v) is 4.69. The number of aliphatic hydroxyl groups excluding tert-OH is 1. The van der Waals surface area contributed by atoms with E-state index in [1.165, 1.54) is 12.8 Å². The second-order valence-corrected chi connectivity index (χ2v) is 8.62. The molecule has 3 aliphatic carbocycles. The summed E-state index contributed by atoms with van der Waals surface area (Å²) in [5.74, 6) is 0.294. The Morgan fingerprint density at radius 3 is 2.54 bits per heavy atom. The van der Waals surface area contributed by atoms with Gasteiger partial charge in [0, 0.05) is 25.1 Å². The molecule has 1 heterocycles. The molecule has 0 aromatic heterocycles. The zero-order valence-electron chi connectivity index (χ0n) is 15.0. The van der Waals surface area contributed by atoms with Crippen LogP contribution in [0.15, 0.2) is 23.8 Å². The third-order valence-electron chi connectivity index (χ3n) is 6.87. The van der Waals surface area contributed by atoms with Gasteiger partial charge in [0.1, 0.15) is 11.6 Å². The molecule has 4 nitrogen and oxygen atoms in total. The van der Waals surface area contributed by atoms with Crippen molar-refractivity contribution in [1.82, 2.24) is 4.90 Å². The van der Waals surface area contributed by atoms with E-state index in [-0.39, 0.29) is 5.78 Å². The molecule has 134 valence electrons. The van der Waals surface area contributed by atoms with Gasteiger partial charge in [-0.3, -0.25) is 4.79 Å². The van der Waals surface area contributed by atoms with Crippen LogP contribution in [0.2, 0.25) is 0 Å². The van der Waals surface area contributed by atoms with Gasteiger partial charge in [0.05, 0.1) is 11.8 Å². The predicted molar refractivity (Wildman–Crippen MR) is 97.8 cm³/mol. The van der Waals surface area contributed by atoms with Crippen molar-refractivity contribution < 1.29 is 9.90 Å². The molecule has 2 saturated carbocycles. The summed E-state index contributed by atoms with van der Waals surface area (Å²) in [5.41, 5.74) is 4.58. The van der Waals surface area contributed by atoms with Crippen LogP contribution in [0, 0.1) is 22.7 Å². The van der Waals surface area contributed by atoms with Gasteiger partial charge in [0.15, 0.2) is 5.78 Å². The van der Waals surface area contributed by atoms with E-state index in [2.05, 4.69) is 11.0 Å². The van der Waals surface area contributed by atoms with Gasteiger partial charge < -0.3 is 10.0 Å². The number of benzene rings is 1. The summed E-state index contributed by atoms with van der Waals surface area (Å²) in [6.45, 7) is 1.84. The van der Waals surface area contributed by atoms with Gasteiger partial charge >= 0.3 is 0 Å². The van der Waals surface area contributed by atoms with Crippen LogP contribution in [0.1, 0.15) is 61.3 Å². The molecule has 1 aromatic rings. The number of allylic oxidation sites excluding steroid dienone is 1. The SMILES string of the molecule is N#CC1=C(N2CCC3(CC2)CC3)c2cc([C@@H](O)C3CC3)ccc2CC1=O. The van der Waals surface area contributed by atoms with Crippen LogP contribution in [0.4, 0.5) is 0 Å². The van der Waals surface area contributed by atoms with Gasteiger partial charge in [-0.25, -0.2) is 0 Å². The van der Waals surface area contributed by atoms with Gasteiger partial charge in [0.25, 0.3) is 0 Å². The lowest BCUT2D eigenvalue weighted by Crippen LogP contribution is -2.36. The molecule has 0 amide bonds. The number of ketones is 1. The lowest BCUT2D eigenvalue weighted by molar-refractivity contribution is -0.114. The Labute approximate surface area is 154 Å². The normalized spacial score (nSPS) is 25.1. The van der Waals surface area contributed by atoms with E-state index in [4.69, 9.17) is 0 Å². The number of nitrogens with zero attached hydrogens (tertiary/aromatic N) is 2. The predicted octanol–water partition coefficient (Wildman–Crippen LogP) is 3.37. The van der Waals surface area contributed by atoms with Crippen LogP contribution in [-0.4, -0.2) is 28.9 Å². The van der Waals surface area contributed by atoms with Crippen molar-refractivity contribution in [2.24, 2.45) is 11.3 Å². The third-order valence-corrected chi connectivity index (χ3v) is 6.87. The molecular weight excluding hydrogens is 324 g/mol. The highest BCUT2D eigenvalue weighted by Crippen LogP contribution is 2.54. The molecule has 26 heavy (non-hydrogen) atoms. The van der Waals surface area contributed by atoms with E-state index in [1.807, 2.05) is 18.2 Å². The molecule has 4 aliphatic rings. The van der Waals surface area contributed by atoms with Gasteiger partial charge in [-0.1, -0.05) is 12.1 Å². The molecule has 0 unspecified atom stereocenters. The first-order chi connectivity index (χ1) is 12.6. The average Bonchev–Trinajstić information content (AvgIpc) is 3.57. The van der Waals surface area contributed by atoms with Crippen molar-refractivity contribution in [3.8, 4) is 6.07 Å². The van der Waals surface area contributed by atoms with Crippen LogP contribution in [0.5, 0.6) is 0 Å². The minimum absolute atomic E-state index is 0.0720. The number of fused-ring (bicyclic) bond motifs is 1. The number of rotatable bonds is 3. The molecule has 1 N–H and O–H groups in total. The quantitative estimate of drug-likeness (QED) is 0.910. The number of hydrogen-bond donors (Lipinski definition) is 1. The molecule has 1 aliphatic heterocycles. The van der Waals surface area contributed by atoms with E-state index in [0.29, 0.717) is 23.3 Å². The summed E-state index contributed by atoms with van der Waals surface area (Å²) >= 11 is 0. The van der Waals surface area contributed by atoms with Crippen LogP contribution in [-0.2, 0) is 11.2 Å². The molecule has 1 atom stereocenters.